The lowest BCUT2D eigenvalue weighted by molar-refractivity contribution is 0.118. The normalized spacial score (nSPS) is 23.1. The maximum atomic E-state index is 5.74. The number of rotatable bonds is 4. The van der Waals surface area contributed by atoms with Crippen LogP contribution in [0.15, 0.2) is 6.07 Å². The van der Waals surface area contributed by atoms with E-state index in [-0.39, 0.29) is 6.10 Å². The molecule has 18 heavy (non-hydrogen) atoms. The quantitative estimate of drug-likeness (QED) is 0.834. The van der Waals surface area contributed by atoms with Crippen LogP contribution in [-0.2, 0) is 4.74 Å². The Morgan fingerprint density at radius 1 is 1.56 bits per heavy atom. The molecule has 2 atom stereocenters. The van der Waals surface area contributed by atoms with Crippen LogP contribution in [0.3, 0.4) is 0 Å². The Hall–Kier alpha value is -1.56. The summed E-state index contributed by atoms with van der Waals surface area (Å²) < 4.78 is 5.58. The monoisotopic (exact) mass is 251 g/mol. The molecule has 2 rings (SSSR count). The lowest BCUT2D eigenvalue weighted by atomic mass is 10.1. The SMILES string of the molecule is CCNc1cc(N(C)C2CCOC2C)nc(N)n1. The van der Waals surface area contributed by atoms with Gasteiger partial charge in [0.1, 0.15) is 11.6 Å². The molecular formula is C12H21N5O. The molecule has 0 bridgehead atoms. The van der Waals surface area contributed by atoms with Crippen molar-refractivity contribution in [1.82, 2.24) is 9.97 Å². The minimum Gasteiger partial charge on any atom is -0.376 e. The molecule has 0 aliphatic carbocycles. The molecule has 2 unspecified atom stereocenters. The molecule has 100 valence electrons. The molecule has 2 heterocycles. The van der Waals surface area contributed by atoms with Crippen molar-refractivity contribution in [1.29, 1.82) is 0 Å². The first-order valence-corrected chi connectivity index (χ1v) is 6.34. The lowest BCUT2D eigenvalue weighted by Crippen LogP contribution is -2.37. The molecule has 1 aromatic rings. The number of hydrogen-bond donors (Lipinski definition) is 2. The van der Waals surface area contributed by atoms with Crippen molar-refractivity contribution in [2.75, 3.05) is 36.1 Å². The van der Waals surface area contributed by atoms with Gasteiger partial charge in [-0.3, -0.25) is 0 Å². The second kappa shape index (κ2) is 5.39. The number of hydrogen-bond acceptors (Lipinski definition) is 6. The van der Waals surface area contributed by atoms with Gasteiger partial charge in [0, 0.05) is 26.3 Å². The summed E-state index contributed by atoms with van der Waals surface area (Å²) in [7, 11) is 2.02. The van der Waals surface area contributed by atoms with E-state index in [2.05, 4.69) is 27.1 Å². The number of nitrogens with one attached hydrogen (secondary N) is 1. The second-order valence-corrected chi connectivity index (χ2v) is 4.54. The number of nitrogens with zero attached hydrogens (tertiary/aromatic N) is 3. The predicted octanol–water partition coefficient (Wildman–Crippen LogP) is 1.10. The zero-order valence-corrected chi connectivity index (χ0v) is 11.2. The van der Waals surface area contributed by atoms with Crippen molar-refractivity contribution in [3.8, 4) is 0 Å². The maximum Gasteiger partial charge on any atom is 0.223 e. The summed E-state index contributed by atoms with van der Waals surface area (Å²) in [5, 5.41) is 3.16. The molecule has 0 spiro atoms. The molecule has 0 amide bonds. The first kappa shape index (κ1) is 12.9. The average molecular weight is 251 g/mol. The van der Waals surface area contributed by atoms with Crippen LogP contribution in [0.25, 0.3) is 0 Å². The van der Waals surface area contributed by atoms with Gasteiger partial charge in [-0.05, 0) is 20.3 Å². The minimum absolute atomic E-state index is 0.216. The van der Waals surface area contributed by atoms with Gasteiger partial charge < -0.3 is 20.7 Å². The number of likely N-dealkylation sites (N-methyl/N-ethyl adjacent to an activating group) is 1. The van der Waals surface area contributed by atoms with Crippen LogP contribution in [0, 0.1) is 0 Å². The van der Waals surface area contributed by atoms with E-state index in [0.717, 1.165) is 31.2 Å². The van der Waals surface area contributed by atoms with Crippen molar-refractivity contribution in [3.63, 3.8) is 0 Å². The van der Waals surface area contributed by atoms with Crippen molar-refractivity contribution < 1.29 is 4.74 Å². The number of nitrogen functional groups attached to an aromatic ring is 1. The van der Waals surface area contributed by atoms with Gasteiger partial charge in [0.2, 0.25) is 5.95 Å². The molecule has 1 fully saturated rings. The Morgan fingerprint density at radius 3 is 2.94 bits per heavy atom. The first-order valence-electron chi connectivity index (χ1n) is 6.34. The van der Waals surface area contributed by atoms with Gasteiger partial charge in [0.15, 0.2) is 0 Å². The van der Waals surface area contributed by atoms with Crippen molar-refractivity contribution in [2.24, 2.45) is 0 Å². The van der Waals surface area contributed by atoms with Gasteiger partial charge in [0.25, 0.3) is 0 Å². The Kier molecular flexibility index (Phi) is 3.86. The third-order valence-electron chi connectivity index (χ3n) is 3.28. The molecule has 3 N–H and O–H groups in total. The van der Waals surface area contributed by atoms with Crippen LogP contribution < -0.4 is 16.0 Å². The molecule has 1 aromatic heterocycles. The summed E-state index contributed by atoms with van der Waals surface area (Å²) >= 11 is 0. The summed E-state index contributed by atoms with van der Waals surface area (Å²) in [6.07, 6.45) is 1.23. The van der Waals surface area contributed by atoms with E-state index < -0.39 is 0 Å². The fourth-order valence-electron chi connectivity index (χ4n) is 2.30. The number of aromatic nitrogens is 2. The van der Waals surface area contributed by atoms with Gasteiger partial charge in [-0.1, -0.05) is 0 Å². The van der Waals surface area contributed by atoms with Gasteiger partial charge in [0.05, 0.1) is 12.1 Å². The molecule has 1 saturated heterocycles. The van der Waals surface area contributed by atoms with Crippen LogP contribution in [0.4, 0.5) is 17.6 Å². The third kappa shape index (κ3) is 2.64. The highest BCUT2D eigenvalue weighted by Gasteiger charge is 2.29. The molecule has 0 radical (unpaired) electrons. The van der Waals surface area contributed by atoms with E-state index in [1.165, 1.54) is 0 Å². The lowest BCUT2D eigenvalue weighted by Gasteiger charge is -2.28. The van der Waals surface area contributed by atoms with Gasteiger partial charge in [-0.2, -0.15) is 9.97 Å². The first-order chi connectivity index (χ1) is 8.61. The fraction of sp³-hybridized carbons (Fsp3) is 0.667. The summed E-state index contributed by atoms with van der Waals surface area (Å²) in [6.45, 7) is 5.72. The Labute approximate surface area is 108 Å². The third-order valence-corrected chi connectivity index (χ3v) is 3.28. The fourth-order valence-corrected chi connectivity index (χ4v) is 2.30. The molecule has 0 aromatic carbocycles. The smallest absolute Gasteiger partial charge is 0.223 e. The van der Waals surface area contributed by atoms with E-state index >= 15 is 0 Å². The zero-order chi connectivity index (χ0) is 13.1. The van der Waals surface area contributed by atoms with E-state index in [1.54, 1.807) is 0 Å². The summed E-state index contributed by atoms with van der Waals surface area (Å²) in [6, 6.07) is 2.26. The van der Waals surface area contributed by atoms with Crippen LogP contribution >= 0.6 is 0 Å². The number of anilines is 3. The van der Waals surface area contributed by atoms with Crippen LogP contribution in [0.2, 0.25) is 0 Å². The Bertz CT molecular complexity index is 411. The maximum absolute atomic E-state index is 5.74. The second-order valence-electron chi connectivity index (χ2n) is 4.54. The summed E-state index contributed by atoms with van der Waals surface area (Å²) in [5.41, 5.74) is 5.74. The van der Waals surface area contributed by atoms with Crippen LogP contribution in [0.5, 0.6) is 0 Å². The van der Waals surface area contributed by atoms with Crippen molar-refractivity contribution in [2.45, 2.75) is 32.4 Å². The van der Waals surface area contributed by atoms with E-state index in [1.807, 2.05) is 20.0 Å². The molecule has 6 nitrogen and oxygen atoms in total. The van der Waals surface area contributed by atoms with E-state index in [4.69, 9.17) is 10.5 Å². The van der Waals surface area contributed by atoms with Crippen LogP contribution in [0.1, 0.15) is 20.3 Å². The molecule has 0 saturated carbocycles. The number of nitrogens with two attached hydrogens (primary N) is 1. The van der Waals surface area contributed by atoms with Gasteiger partial charge >= 0.3 is 0 Å². The average Bonchev–Trinajstić information content (AvgIpc) is 2.74. The largest absolute Gasteiger partial charge is 0.376 e. The van der Waals surface area contributed by atoms with E-state index in [0.29, 0.717) is 12.0 Å². The van der Waals surface area contributed by atoms with Crippen LogP contribution in [-0.4, -0.2) is 42.3 Å². The summed E-state index contributed by atoms with van der Waals surface area (Å²) in [5.74, 6) is 1.89. The van der Waals surface area contributed by atoms with Crippen molar-refractivity contribution >= 4 is 17.6 Å². The predicted molar refractivity (Wildman–Crippen MR) is 72.8 cm³/mol. The molecule has 1 aliphatic rings. The topological polar surface area (TPSA) is 76.3 Å². The Morgan fingerprint density at radius 2 is 2.33 bits per heavy atom. The minimum atomic E-state index is 0.216. The van der Waals surface area contributed by atoms with E-state index in [9.17, 15) is 0 Å². The molecule has 1 aliphatic heterocycles. The summed E-state index contributed by atoms with van der Waals surface area (Å²) in [4.78, 5) is 10.6. The van der Waals surface area contributed by atoms with Crippen molar-refractivity contribution in [3.05, 3.63) is 6.07 Å². The highest BCUT2D eigenvalue weighted by Crippen LogP contribution is 2.24. The molecule has 6 heteroatoms. The zero-order valence-electron chi connectivity index (χ0n) is 11.2. The van der Waals surface area contributed by atoms with Gasteiger partial charge in [-0.15, -0.1) is 0 Å². The molecular weight excluding hydrogens is 230 g/mol. The standard InChI is InChI=1S/C12H21N5O/c1-4-14-10-7-11(16-12(13)15-10)17(3)9-5-6-18-8(9)2/h7-9H,4-6H2,1-3H3,(H3,13,14,15,16). The van der Waals surface area contributed by atoms with Gasteiger partial charge in [-0.25, -0.2) is 0 Å². The Balaban J connectivity index is 2.21. The number of ether oxygens (including phenoxy) is 1. The highest BCUT2D eigenvalue weighted by atomic mass is 16.5. The highest BCUT2D eigenvalue weighted by molar-refractivity contribution is 5.52.